The molecule has 11 heavy (non-hydrogen) atoms. The van der Waals surface area contributed by atoms with Crippen LogP contribution < -0.4 is 5.32 Å². The maximum absolute atomic E-state index is 11.2. The van der Waals surface area contributed by atoms with Crippen molar-refractivity contribution in [2.24, 2.45) is 11.8 Å². The Hall–Kier alpha value is 0.200. The van der Waals surface area contributed by atoms with Crippen molar-refractivity contribution >= 4 is 28.5 Å². The number of amides is 1. The zero-order chi connectivity index (χ0) is 8.85. The molecule has 0 saturated carbocycles. The predicted octanol–water partition coefficient (Wildman–Crippen LogP) is 1.83. The zero-order valence-corrected chi connectivity index (χ0v) is 9.51. The number of carbonyl (C=O) groups is 1. The second-order valence-corrected chi connectivity index (χ2v) is 4.09. The number of hydrogen-bond donors (Lipinski definition) is 1. The summed E-state index contributed by atoms with van der Waals surface area (Å²) in [5.41, 5.74) is 0. The van der Waals surface area contributed by atoms with E-state index in [9.17, 15) is 4.79 Å². The lowest BCUT2D eigenvalue weighted by atomic mass is 9.97. The van der Waals surface area contributed by atoms with Gasteiger partial charge >= 0.3 is 0 Å². The highest BCUT2D eigenvalue weighted by Gasteiger charge is 2.15. The molecule has 0 spiro atoms. The van der Waals surface area contributed by atoms with Crippen LogP contribution in [-0.4, -0.2) is 16.9 Å². The van der Waals surface area contributed by atoms with Crippen LogP contribution in [0.1, 0.15) is 20.8 Å². The number of carbonyl (C=O) groups excluding carboxylic acids is 1. The Kier molecular flexibility index (Phi) is 5.91. The first kappa shape index (κ1) is 11.2. The van der Waals surface area contributed by atoms with Crippen molar-refractivity contribution in [2.45, 2.75) is 20.8 Å². The second-order valence-electron chi connectivity index (χ2n) is 3.01. The van der Waals surface area contributed by atoms with Crippen molar-refractivity contribution in [1.82, 2.24) is 5.32 Å². The van der Waals surface area contributed by atoms with E-state index in [0.29, 0.717) is 5.92 Å². The highest BCUT2D eigenvalue weighted by molar-refractivity contribution is 14.1. The summed E-state index contributed by atoms with van der Waals surface area (Å²) >= 11 is 2.25. The van der Waals surface area contributed by atoms with Gasteiger partial charge < -0.3 is 5.32 Å². The molecule has 66 valence electrons. The second kappa shape index (κ2) is 5.80. The summed E-state index contributed by atoms with van der Waals surface area (Å²) in [6.45, 7) is 6.88. The first-order valence-corrected chi connectivity index (χ1v) is 5.45. The summed E-state index contributed by atoms with van der Waals surface area (Å²) in [4.78, 5) is 11.2. The van der Waals surface area contributed by atoms with Crippen molar-refractivity contribution < 1.29 is 4.79 Å². The normalized spacial score (nSPS) is 13.2. The average molecular weight is 269 g/mol. The molecular formula is C8H16INO. The van der Waals surface area contributed by atoms with Gasteiger partial charge in [0.05, 0.1) is 0 Å². The Morgan fingerprint density at radius 1 is 1.45 bits per heavy atom. The fourth-order valence-electron chi connectivity index (χ4n) is 0.634. The van der Waals surface area contributed by atoms with Crippen LogP contribution in [-0.2, 0) is 4.79 Å². The molecule has 1 atom stereocenters. The SMILES string of the molecule is CC(C)C(C)C(=O)NCCI. The number of rotatable bonds is 4. The molecule has 0 aliphatic heterocycles. The molecule has 3 heteroatoms. The monoisotopic (exact) mass is 269 g/mol. The van der Waals surface area contributed by atoms with Crippen LogP contribution in [0.15, 0.2) is 0 Å². The summed E-state index contributed by atoms with van der Waals surface area (Å²) in [7, 11) is 0. The molecule has 0 bridgehead atoms. The van der Waals surface area contributed by atoms with E-state index < -0.39 is 0 Å². The van der Waals surface area contributed by atoms with Crippen LogP contribution in [0, 0.1) is 11.8 Å². The molecule has 0 aromatic heterocycles. The molecule has 0 aliphatic carbocycles. The molecule has 0 aliphatic rings. The lowest BCUT2D eigenvalue weighted by molar-refractivity contribution is -0.125. The maximum Gasteiger partial charge on any atom is 0.223 e. The largest absolute Gasteiger partial charge is 0.355 e. The van der Waals surface area contributed by atoms with Crippen LogP contribution >= 0.6 is 22.6 Å². The van der Waals surface area contributed by atoms with Gasteiger partial charge in [0.25, 0.3) is 0 Å². The molecular weight excluding hydrogens is 253 g/mol. The Labute approximate surface area is 82.3 Å². The van der Waals surface area contributed by atoms with E-state index in [2.05, 4.69) is 41.8 Å². The standard InChI is InChI=1S/C8H16INO/c1-6(2)7(3)8(11)10-5-4-9/h6-7H,4-5H2,1-3H3,(H,10,11). The van der Waals surface area contributed by atoms with E-state index in [1.165, 1.54) is 0 Å². The molecule has 0 saturated heterocycles. The number of halogens is 1. The maximum atomic E-state index is 11.2. The Balaban J connectivity index is 3.64. The minimum atomic E-state index is 0.137. The summed E-state index contributed by atoms with van der Waals surface area (Å²) in [6.07, 6.45) is 0. The van der Waals surface area contributed by atoms with Gasteiger partial charge in [-0.3, -0.25) is 4.79 Å². The van der Waals surface area contributed by atoms with Crippen LogP contribution in [0.3, 0.4) is 0 Å². The Morgan fingerprint density at radius 2 is 2.00 bits per heavy atom. The average Bonchev–Trinajstić information content (AvgIpc) is 1.98. The summed E-state index contributed by atoms with van der Waals surface area (Å²) in [6, 6.07) is 0. The van der Waals surface area contributed by atoms with E-state index in [-0.39, 0.29) is 11.8 Å². The van der Waals surface area contributed by atoms with Crippen LogP contribution in [0.4, 0.5) is 0 Å². The van der Waals surface area contributed by atoms with Gasteiger partial charge in [-0.05, 0) is 5.92 Å². The van der Waals surface area contributed by atoms with Gasteiger partial charge in [0, 0.05) is 16.9 Å². The van der Waals surface area contributed by atoms with E-state index in [4.69, 9.17) is 0 Å². The third-order valence-electron chi connectivity index (χ3n) is 1.81. The van der Waals surface area contributed by atoms with Crippen LogP contribution in [0.5, 0.6) is 0 Å². The lowest BCUT2D eigenvalue weighted by Crippen LogP contribution is -2.32. The fourth-order valence-corrected chi connectivity index (χ4v) is 0.904. The topological polar surface area (TPSA) is 29.1 Å². The lowest BCUT2D eigenvalue weighted by Gasteiger charge is -2.14. The minimum Gasteiger partial charge on any atom is -0.355 e. The predicted molar refractivity (Wildman–Crippen MR) is 55.9 cm³/mol. The van der Waals surface area contributed by atoms with Gasteiger partial charge in [-0.25, -0.2) is 0 Å². The van der Waals surface area contributed by atoms with Gasteiger partial charge in [0.1, 0.15) is 0 Å². The van der Waals surface area contributed by atoms with E-state index in [0.717, 1.165) is 11.0 Å². The number of alkyl halides is 1. The zero-order valence-electron chi connectivity index (χ0n) is 7.36. The third kappa shape index (κ3) is 4.61. The van der Waals surface area contributed by atoms with Gasteiger partial charge in [0.2, 0.25) is 5.91 Å². The molecule has 0 fully saturated rings. The molecule has 0 aromatic rings. The molecule has 1 unspecified atom stereocenters. The number of hydrogen-bond acceptors (Lipinski definition) is 1. The summed E-state index contributed by atoms with van der Waals surface area (Å²) in [5.74, 6) is 0.749. The highest BCUT2D eigenvalue weighted by Crippen LogP contribution is 2.08. The minimum absolute atomic E-state index is 0.137. The first-order valence-electron chi connectivity index (χ1n) is 3.93. The van der Waals surface area contributed by atoms with Crippen molar-refractivity contribution in [3.05, 3.63) is 0 Å². The van der Waals surface area contributed by atoms with Gasteiger partial charge in [-0.1, -0.05) is 43.4 Å². The third-order valence-corrected chi connectivity index (χ3v) is 2.35. The van der Waals surface area contributed by atoms with Crippen molar-refractivity contribution in [1.29, 1.82) is 0 Å². The van der Waals surface area contributed by atoms with E-state index in [1.807, 2.05) is 6.92 Å². The highest BCUT2D eigenvalue weighted by atomic mass is 127. The van der Waals surface area contributed by atoms with Crippen molar-refractivity contribution in [3.8, 4) is 0 Å². The molecule has 0 heterocycles. The molecule has 1 amide bonds. The molecule has 0 aromatic carbocycles. The van der Waals surface area contributed by atoms with E-state index >= 15 is 0 Å². The quantitative estimate of drug-likeness (QED) is 0.612. The number of nitrogens with one attached hydrogen (secondary N) is 1. The van der Waals surface area contributed by atoms with Crippen LogP contribution in [0.25, 0.3) is 0 Å². The first-order chi connectivity index (χ1) is 5.09. The van der Waals surface area contributed by atoms with Crippen molar-refractivity contribution in [2.75, 3.05) is 11.0 Å². The Bertz CT molecular complexity index is 125. The van der Waals surface area contributed by atoms with Gasteiger partial charge in [0.15, 0.2) is 0 Å². The summed E-state index contributed by atoms with van der Waals surface area (Å²) < 4.78 is 0.980. The smallest absolute Gasteiger partial charge is 0.223 e. The van der Waals surface area contributed by atoms with Crippen LogP contribution in [0.2, 0.25) is 0 Å². The molecule has 1 N–H and O–H groups in total. The molecule has 0 radical (unpaired) electrons. The summed E-state index contributed by atoms with van der Waals surface area (Å²) in [5, 5.41) is 2.87. The Morgan fingerprint density at radius 3 is 2.36 bits per heavy atom. The fraction of sp³-hybridized carbons (Fsp3) is 0.875. The molecule has 2 nitrogen and oxygen atoms in total. The van der Waals surface area contributed by atoms with E-state index in [1.54, 1.807) is 0 Å². The molecule has 0 rings (SSSR count). The van der Waals surface area contributed by atoms with Crippen molar-refractivity contribution in [3.63, 3.8) is 0 Å². The van der Waals surface area contributed by atoms with Gasteiger partial charge in [-0.2, -0.15) is 0 Å². The van der Waals surface area contributed by atoms with Gasteiger partial charge in [-0.15, -0.1) is 0 Å².